The lowest BCUT2D eigenvalue weighted by Crippen LogP contribution is -2.47. The molecule has 4 N–H and O–H groups in total. The fraction of sp³-hybridized carbons (Fsp3) is 0.318. The molecule has 0 radical (unpaired) electrons. The second-order valence-electron chi connectivity index (χ2n) is 7.00. The molecule has 0 amide bonds. The van der Waals surface area contributed by atoms with Crippen molar-refractivity contribution in [3.05, 3.63) is 71.5 Å². The van der Waals surface area contributed by atoms with Crippen molar-refractivity contribution in [2.45, 2.75) is 12.3 Å². The van der Waals surface area contributed by atoms with Crippen LogP contribution < -0.4 is 0 Å². The van der Waals surface area contributed by atoms with E-state index in [1.54, 1.807) is 4.90 Å². The number of nitrogens with zero attached hydrogens (tertiary/aromatic N) is 3. The van der Waals surface area contributed by atoms with Gasteiger partial charge in [0.1, 0.15) is 5.84 Å². The standard InChI is InChI=1S/C22H25N3O4/c26-12-9-23-21-18-7-3-4-8-19(18)22(29,25(21)11-14-28)20-17-6-2-1-5-16(17)15-24(20)10-13-27/h1-8,15,26-29H,9-14H2. The maximum atomic E-state index is 12.2. The first-order valence-corrected chi connectivity index (χ1v) is 9.72. The summed E-state index contributed by atoms with van der Waals surface area (Å²) in [5.41, 5.74) is 0.467. The van der Waals surface area contributed by atoms with E-state index in [1.807, 2.05) is 59.3 Å². The Morgan fingerprint density at radius 3 is 2.34 bits per heavy atom. The lowest BCUT2D eigenvalue weighted by molar-refractivity contribution is -0.0408. The summed E-state index contributed by atoms with van der Waals surface area (Å²) in [5.74, 6) is 0.534. The van der Waals surface area contributed by atoms with Crippen LogP contribution >= 0.6 is 0 Å². The van der Waals surface area contributed by atoms with E-state index in [0.29, 0.717) is 23.6 Å². The van der Waals surface area contributed by atoms with Crippen molar-refractivity contribution in [1.82, 2.24) is 9.47 Å². The van der Waals surface area contributed by atoms with Crippen LogP contribution in [0.25, 0.3) is 10.8 Å². The zero-order valence-corrected chi connectivity index (χ0v) is 16.1. The number of amidine groups is 1. The van der Waals surface area contributed by atoms with Crippen LogP contribution in [0.5, 0.6) is 0 Å². The molecule has 3 aromatic rings. The molecule has 0 aliphatic carbocycles. The molecule has 7 nitrogen and oxygen atoms in total. The van der Waals surface area contributed by atoms with Gasteiger partial charge < -0.3 is 29.9 Å². The van der Waals surface area contributed by atoms with Gasteiger partial charge >= 0.3 is 0 Å². The van der Waals surface area contributed by atoms with Crippen molar-refractivity contribution in [3.63, 3.8) is 0 Å². The van der Waals surface area contributed by atoms with Crippen molar-refractivity contribution in [3.8, 4) is 0 Å². The van der Waals surface area contributed by atoms with E-state index in [0.717, 1.165) is 16.3 Å². The van der Waals surface area contributed by atoms with E-state index in [9.17, 15) is 20.4 Å². The topological polar surface area (TPSA) is 101 Å². The van der Waals surface area contributed by atoms with Crippen molar-refractivity contribution in [2.75, 3.05) is 32.9 Å². The van der Waals surface area contributed by atoms with Gasteiger partial charge in [0.2, 0.25) is 5.72 Å². The van der Waals surface area contributed by atoms with E-state index >= 15 is 0 Å². The average molecular weight is 395 g/mol. The van der Waals surface area contributed by atoms with Crippen LogP contribution in [0.2, 0.25) is 0 Å². The molecule has 0 saturated carbocycles. The number of aromatic nitrogens is 1. The molecule has 152 valence electrons. The Balaban J connectivity index is 2.03. The lowest BCUT2D eigenvalue weighted by atomic mass is 9.95. The highest BCUT2D eigenvalue weighted by Gasteiger charge is 2.50. The van der Waals surface area contributed by atoms with Crippen molar-refractivity contribution in [2.24, 2.45) is 4.99 Å². The third kappa shape index (κ3) is 3.03. The SMILES string of the molecule is OCCN=C1c2ccccc2C(O)(c2c3ccccc3cn2CCO)N1CCO. The molecule has 1 atom stereocenters. The van der Waals surface area contributed by atoms with E-state index in [4.69, 9.17) is 0 Å². The average Bonchev–Trinajstić information content (AvgIpc) is 3.22. The van der Waals surface area contributed by atoms with Crippen LogP contribution in [-0.2, 0) is 12.3 Å². The number of β-amino-alcohol motifs (C(OH)–C–C–N with tert-alkyl or cyclic N) is 1. The number of hydrogen-bond acceptors (Lipinski definition) is 5. The first-order chi connectivity index (χ1) is 14.2. The second-order valence-corrected chi connectivity index (χ2v) is 7.00. The minimum Gasteiger partial charge on any atom is -0.395 e. The molecule has 2 heterocycles. The van der Waals surface area contributed by atoms with Crippen LogP contribution in [0.4, 0.5) is 0 Å². The number of hydrogen-bond donors (Lipinski definition) is 4. The highest BCUT2D eigenvalue weighted by Crippen LogP contribution is 2.45. The van der Waals surface area contributed by atoms with Gasteiger partial charge in [0, 0.05) is 35.8 Å². The van der Waals surface area contributed by atoms with Gasteiger partial charge in [-0.1, -0.05) is 48.5 Å². The zero-order chi connectivity index (χ0) is 20.4. The van der Waals surface area contributed by atoms with Crippen molar-refractivity contribution in [1.29, 1.82) is 0 Å². The van der Waals surface area contributed by atoms with Gasteiger partial charge in [-0.25, -0.2) is 0 Å². The predicted molar refractivity (Wildman–Crippen MR) is 111 cm³/mol. The Morgan fingerprint density at radius 2 is 1.59 bits per heavy atom. The Labute approximate surface area is 168 Å². The molecule has 0 saturated heterocycles. The van der Waals surface area contributed by atoms with Crippen LogP contribution in [0.15, 0.2) is 59.7 Å². The normalized spacial score (nSPS) is 20.0. The Bertz CT molecular complexity index is 1050. The van der Waals surface area contributed by atoms with E-state index in [2.05, 4.69) is 4.99 Å². The molecule has 4 rings (SSSR count). The smallest absolute Gasteiger partial charge is 0.209 e. The van der Waals surface area contributed by atoms with Gasteiger partial charge in [-0.05, 0) is 5.39 Å². The molecule has 2 aromatic carbocycles. The van der Waals surface area contributed by atoms with Gasteiger partial charge in [-0.3, -0.25) is 4.99 Å². The molecule has 1 aliphatic rings. The van der Waals surface area contributed by atoms with E-state index in [1.165, 1.54) is 0 Å². The number of rotatable bonds is 7. The summed E-state index contributed by atoms with van der Waals surface area (Å²) < 4.78 is 1.86. The van der Waals surface area contributed by atoms with Crippen LogP contribution in [-0.4, -0.2) is 68.6 Å². The molecular weight excluding hydrogens is 370 g/mol. The second kappa shape index (κ2) is 7.96. The molecule has 0 bridgehead atoms. The van der Waals surface area contributed by atoms with Crippen molar-refractivity contribution >= 4 is 16.6 Å². The summed E-state index contributed by atoms with van der Waals surface area (Å²) >= 11 is 0. The molecular formula is C22H25N3O4. The first kappa shape index (κ1) is 19.6. The molecule has 1 unspecified atom stereocenters. The Hall–Kier alpha value is -2.71. The summed E-state index contributed by atoms with van der Waals surface area (Å²) in [6.45, 7) is 0.323. The Kier molecular flexibility index (Phi) is 5.38. The molecule has 1 aromatic heterocycles. The van der Waals surface area contributed by atoms with Gasteiger partial charge in [0.25, 0.3) is 0 Å². The van der Waals surface area contributed by atoms with Gasteiger partial charge in [-0.15, -0.1) is 0 Å². The highest BCUT2D eigenvalue weighted by molar-refractivity contribution is 6.05. The highest BCUT2D eigenvalue weighted by atomic mass is 16.3. The first-order valence-electron chi connectivity index (χ1n) is 9.72. The number of aliphatic imine (C=N–C) groups is 1. The Morgan fingerprint density at radius 1 is 0.862 bits per heavy atom. The van der Waals surface area contributed by atoms with Gasteiger partial charge in [0.15, 0.2) is 0 Å². The van der Waals surface area contributed by atoms with Crippen LogP contribution in [0.3, 0.4) is 0 Å². The number of aliphatic hydroxyl groups is 4. The van der Waals surface area contributed by atoms with Crippen LogP contribution in [0, 0.1) is 0 Å². The minimum absolute atomic E-state index is 0.0722. The molecule has 0 fully saturated rings. The summed E-state index contributed by atoms with van der Waals surface area (Å²) in [5, 5.41) is 42.7. The van der Waals surface area contributed by atoms with E-state index < -0.39 is 5.72 Å². The summed E-state index contributed by atoms with van der Waals surface area (Å²) in [6.07, 6.45) is 1.92. The fourth-order valence-electron chi connectivity index (χ4n) is 4.26. The van der Waals surface area contributed by atoms with Gasteiger partial charge in [-0.2, -0.15) is 0 Å². The summed E-state index contributed by atoms with van der Waals surface area (Å²) in [6, 6.07) is 15.2. The van der Waals surface area contributed by atoms with E-state index in [-0.39, 0.29) is 32.9 Å². The van der Waals surface area contributed by atoms with Crippen molar-refractivity contribution < 1.29 is 20.4 Å². The fourth-order valence-corrected chi connectivity index (χ4v) is 4.26. The number of fused-ring (bicyclic) bond motifs is 2. The zero-order valence-electron chi connectivity index (χ0n) is 16.1. The molecule has 1 aliphatic heterocycles. The largest absolute Gasteiger partial charge is 0.395 e. The maximum Gasteiger partial charge on any atom is 0.209 e. The number of benzene rings is 2. The quantitative estimate of drug-likeness (QED) is 0.476. The molecule has 29 heavy (non-hydrogen) atoms. The molecule has 7 heteroatoms. The van der Waals surface area contributed by atoms with Gasteiger partial charge in [0.05, 0.1) is 32.1 Å². The monoisotopic (exact) mass is 395 g/mol. The van der Waals surface area contributed by atoms with Crippen LogP contribution in [0.1, 0.15) is 16.8 Å². The maximum absolute atomic E-state index is 12.2. The lowest BCUT2D eigenvalue weighted by Gasteiger charge is -2.36. The third-order valence-electron chi connectivity index (χ3n) is 5.34. The minimum atomic E-state index is -1.58. The third-order valence-corrected chi connectivity index (χ3v) is 5.34. The summed E-state index contributed by atoms with van der Waals surface area (Å²) in [7, 11) is 0. The predicted octanol–water partition coefficient (Wildman–Crippen LogP) is 0.874. The molecule has 0 spiro atoms. The number of aliphatic hydroxyl groups excluding tert-OH is 3. The summed E-state index contributed by atoms with van der Waals surface area (Å²) in [4.78, 5) is 6.19.